The summed E-state index contributed by atoms with van der Waals surface area (Å²) in [5.41, 5.74) is -1.01. The fourth-order valence-corrected chi connectivity index (χ4v) is 1.17. The molecule has 0 amide bonds. The highest BCUT2D eigenvalue weighted by Crippen LogP contribution is 2.25. The summed E-state index contributed by atoms with van der Waals surface area (Å²) in [6.07, 6.45) is 0. The molecule has 0 bridgehead atoms. The molecule has 0 aromatic heterocycles. The second-order valence-corrected chi connectivity index (χ2v) is 2.67. The molecule has 0 unspecified atom stereocenters. The summed E-state index contributed by atoms with van der Waals surface area (Å²) in [4.78, 5) is 0. The summed E-state index contributed by atoms with van der Waals surface area (Å²) in [6, 6.07) is 0. The molecular formula is C4H7ClFN. The second-order valence-electron chi connectivity index (χ2n) is 2.19. The third-order valence-corrected chi connectivity index (χ3v) is 1.24. The zero-order valence-corrected chi connectivity index (χ0v) is 4.87. The van der Waals surface area contributed by atoms with E-state index in [1.807, 2.05) is 0 Å². The highest BCUT2D eigenvalue weighted by atomic mass is 35.5. The molecule has 0 spiro atoms. The minimum Gasteiger partial charge on any atom is -0.241 e. The smallest absolute Gasteiger partial charge is 0.136 e. The molecule has 0 radical (unpaired) electrons. The lowest BCUT2D eigenvalue weighted by atomic mass is 10.0. The minimum absolute atomic E-state index is 0.370. The zero-order chi connectivity index (χ0) is 5.49. The first-order valence-corrected chi connectivity index (χ1v) is 2.54. The summed E-state index contributed by atoms with van der Waals surface area (Å²) >= 11 is 5.33. The Morgan fingerprint density at radius 1 is 1.71 bits per heavy atom. The average Bonchev–Trinajstić information content (AvgIpc) is 1.27. The van der Waals surface area contributed by atoms with Crippen LogP contribution in [0.15, 0.2) is 0 Å². The van der Waals surface area contributed by atoms with Gasteiger partial charge in [-0.15, -0.1) is 0 Å². The van der Waals surface area contributed by atoms with Crippen molar-refractivity contribution in [3.63, 3.8) is 0 Å². The van der Waals surface area contributed by atoms with Crippen molar-refractivity contribution in [1.29, 1.82) is 0 Å². The lowest BCUT2D eigenvalue weighted by Gasteiger charge is -2.36. The predicted octanol–water partition coefficient (Wildman–Crippen LogP) is 1.18. The van der Waals surface area contributed by atoms with E-state index in [2.05, 4.69) is 0 Å². The molecule has 1 fully saturated rings. The van der Waals surface area contributed by atoms with Gasteiger partial charge >= 0.3 is 0 Å². The van der Waals surface area contributed by atoms with E-state index in [-0.39, 0.29) is 0 Å². The van der Waals surface area contributed by atoms with Crippen LogP contribution in [0.2, 0.25) is 0 Å². The van der Waals surface area contributed by atoms with E-state index in [1.54, 1.807) is 6.92 Å². The molecule has 1 nitrogen and oxygen atoms in total. The van der Waals surface area contributed by atoms with Gasteiger partial charge in [0.15, 0.2) is 0 Å². The SMILES string of the molecule is CC1(F)CN(Cl)C1. The summed E-state index contributed by atoms with van der Waals surface area (Å²) < 4.78 is 13.8. The molecule has 42 valence electrons. The fourth-order valence-electron chi connectivity index (χ4n) is 0.669. The Bertz CT molecular complexity index is 75.8. The highest BCUT2D eigenvalue weighted by molar-refractivity contribution is 6.14. The topological polar surface area (TPSA) is 3.24 Å². The van der Waals surface area contributed by atoms with Crippen LogP contribution < -0.4 is 0 Å². The van der Waals surface area contributed by atoms with Gasteiger partial charge in [-0.2, -0.15) is 0 Å². The molecule has 0 aliphatic carbocycles. The molecule has 1 aliphatic rings. The summed E-state index contributed by atoms with van der Waals surface area (Å²) in [5, 5.41) is 0. The molecule has 1 aliphatic heterocycles. The maximum atomic E-state index is 12.3. The van der Waals surface area contributed by atoms with Crippen LogP contribution in [0.1, 0.15) is 6.92 Å². The summed E-state index contributed by atoms with van der Waals surface area (Å²) in [7, 11) is 0. The zero-order valence-electron chi connectivity index (χ0n) is 4.12. The van der Waals surface area contributed by atoms with Crippen molar-refractivity contribution in [2.75, 3.05) is 13.1 Å². The van der Waals surface area contributed by atoms with Crippen LogP contribution in [-0.4, -0.2) is 23.2 Å². The minimum atomic E-state index is -1.01. The number of hydrogen-bond acceptors (Lipinski definition) is 1. The number of rotatable bonds is 0. The molecule has 1 heterocycles. The van der Waals surface area contributed by atoms with Crippen LogP contribution in [0.3, 0.4) is 0 Å². The molecule has 1 rings (SSSR count). The Labute approximate surface area is 47.2 Å². The van der Waals surface area contributed by atoms with Crippen LogP contribution in [-0.2, 0) is 0 Å². The van der Waals surface area contributed by atoms with Crippen molar-refractivity contribution < 1.29 is 4.39 Å². The van der Waals surface area contributed by atoms with Crippen molar-refractivity contribution in [1.82, 2.24) is 4.42 Å². The molecule has 0 aromatic rings. The largest absolute Gasteiger partial charge is 0.241 e. The van der Waals surface area contributed by atoms with Gasteiger partial charge in [0, 0.05) is 13.1 Å². The van der Waals surface area contributed by atoms with E-state index < -0.39 is 5.67 Å². The Morgan fingerprint density at radius 3 is 2.14 bits per heavy atom. The number of halogens is 2. The monoisotopic (exact) mass is 123 g/mol. The first-order valence-electron chi connectivity index (χ1n) is 2.20. The molecule has 1 saturated heterocycles. The maximum Gasteiger partial charge on any atom is 0.136 e. The van der Waals surface area contributed by atoms with Crippen molar-refractivity contribution in [2.45, 2.75) is 12.6 Å². The number of alkyl halides is 1. The van der Waals surface area contributed by atoms with E-state index in [1.165, 1.54) is 4.42 Å². The molecule has 0 N–H and O–H groups in total. The first kappa shape index (κ1) is 5.32. The van der Waals surface area contributed by atoms with E-state index in [0.29, 0.717) is 13.1 Å². The van der Waals surface area contributed by atoms with E-state index in [4.69, 9.17) is 11.8 Å². The van der Waals surface area contributed by atoms with Crippen LogP contribution in [0.5, 0.6) is 0 Å². The average molecular weight is 124 g/mol. The fraction of sp³-hybridized carbons (Fsp3) is 1.00. The first-order chi connectivity index (χ1) is 3.10. The predicted molar refractivity (Wildman–Crippen MR) is 26.9 cm³/mol. The van der Waals surface area contributed by atoms with E-state index in [9.17, 15) is 4.39 Å². The molecule has 7 heavy (non-hydrogen) atoms. The standard InChI is InChI=1S/C4H7ClFN/c1-4(6)2-7(5)3-4/h2-3H2,1H3. The summed E-state index contributed by atoms with van der Waals surface area (Å²) in [6.45, 7) is 2.29. The normalized spacial score (nSPS) is 29.6. The molecular weight excluding hydrogens is 117 g/mol. The molecule has 0 saturated carbocycles. The Morgan fingerprint density at radius 2 is 2.14 bits per heavy atom. The van der Waals surface area contributed by atoms with Gasteiger partial charge in [0.05, 0.1) is 0 Å². The highest BCUT2D eigenvalue weighted by Gasteiger charge is 2.37. The molecule has 0 aromatic carbocycles. The van der Waals surface area contributed by atoms with Gasteiger partial charge in [0.25, 0.3) is 0 Å². The number of hydrogen-bond donors (Lipinski definition) is 0. The van der Waals surface area contributed by atoms with Gasteiger partial charge in [-0.3, -0.25) is 0 Å². The van der Waals surface area contributed by atoms with E-state index >= 15 is 0 Å². The second kappa shape index (κ2) is 1.33. The molecule has 3 heteroatoms. The quantitative estimate of drug-likeness (QED) is 0.438. The lowest BCUT2D eigenvalue weighted by Crippen LogP contribution is -2.52. The van der Waals surface area contributed by atoms with Crippen LogP contribution >= 0.6 is 11.8 Å². The lowest BCUT2D eigenvalue weighted by molar-refractivity contribution is 0.0416. The van der Waals surface area contributed by atoms with Crippen molar-refractivity contribution in [2.24, 2.45) is 0 Å². The van der Waals surface area contributed by atoms with Crippen molar-refractivity contribution >= 4 is 11.8 Å². The van der Waals surface area contributed by atoms with Gasteiger partial charge < -0.3 is 0 Å². The van der Waals surface area contributed by atoms with Crippen molar-refractivity contribution in [3.8, 4) is 0 Å². The Balaban J connectivity index is 2.29. The van der Waals surface area contributed by atoms with Crippen LogP contribution in [0, 0.1) is 0 Å². The van der Waals surface area contributed by atoms with E-state index in [0.717, 1.165) is 0 Å². The molecule has 0 atom stereocenters. The van der Waals surface area contributed by atoms with Crippen molar-refractivity contribution in [3.05, 3.63) is 0 Å². The Hall–Kier alpha value is 0.180. The maximum absolute atomic E-state index is 12.3. The summed E-state index contributed by atoms with van der Waals surface area (Å²) in [5.74, 6) is 0. The van der Waals surface area contributed by atoms with Gasteiger partial charge in [-0.05, 0) is 18.7 Å². The Kier molecular flexibility index (Phi) is 1.01. The van der Waals surface area contributed by atoms with Gasteiger partial charge in [0.1, 0.15) is 5.67 Å². The van der Waals surface area contributed by atoms with Crippen LogP contribution in [0.25, 0.3) is 0 Å². The third-order valence-electron chi connectivity index (χ3n) is 1.00. The third kappa shape index (κ3) is 1.04. The van der Waals surface area contributed by atoms with Crippen LogP contribution in [0.4, 0.5) is 4.39 Å². The number of nitrogens with zero attached hydrogens (tertiary/aromatic N) is 1. The van der Waals surface area contributed by atoms with Gasteiger partial charge in [-0.1, -0.05) is 0 Å². The van der Waals surface area contributed by atoms with Gasteiger partial charge in [0.2, 0.25) is 0 Å². The van der Waals surface area contributed by atoms with Gasteiger partial charge in [-0.25, -0.2) is 8.81 Å².